The second-order valence-corrected chi connectivity index (χ2v) is 8.65. The van der Waals surface area contributed by atoms with Crippen LogP contribution in [0.3, 0.4) is 0 Å². The van der Waals surface area contributed by atoms with E-state index in [1.54, 1.807) is 0 Å². The molecular formula is C20H38IN7O. The summed E-state index contributed by atoms with van der Waals surface area (Å²) >= 11 is 0. The van der Waals surface area contributed by atoms with Crippen LogP contribution < -0.4 is 5.32 Å². The molecule has 0 aromatic carbocycles. The number of guanidine groups is 1. The molecule has 0 aromatic rings. The molecule has 5 heterocycles. The zero-order chi connectivity index (χ0) is 19.5. The number of likely N-dealkylation sites (tertiary alicyclic amines) is 1. The van der Waals surface area contributed by atoms with E-state index in [2.05, 4.69) is 36.8 Å². The first-order valence-electron chi connectivity index (χ1n) is 11.1. The lowest BCUT2D eigenvalue weighted by Crippen LogP contribution is -2.64. The first-order chi connectivity index (χ1) is 13.7. The summed E-state index contributed by atoms with van der Waals surface area (Å²) in [6.45, 7) is 14.6. The summed E-state index contributed by atoms with van der Waals surface area (Å²) in [7, 11) is 1.88. The van der Waals surface area contributed by atoms with Gasteiger partial charge in [-0.1, -0.05) is 0 Å². The van der Waals surface area contributed by atoms with Gasteiger partial charge in [0.15, 0.2) is 5.96 Å². The highest BCUT2D eigenvalue weighted by Gasteiger charge is 2.33. The predicted octanol–water partition coefficient (Wildman–Crippen LogP) is -0.192. The second-order valence-electron chi connectivity index (χ2n) is 8.65. The number of fused-ring (bicyclic) bond motifs is 3. The number of piperazine rings is 4. The number of nitrogens with zero attached hydrogens (tertiary/aromatic N) is 6. The number of aliphatic imine (C=N–C) groups is 1. The van der Waals surface area contributed by atoms with Crippen LogP contribution in [0.1, 0.15) is 19.8 Å². The molecule has 166 valence electrons. The molecular weight excluding hydrogens is 481 g/mol. The molecule has 29 heavy (non-hydrogen) atoms. The molecule has 2 atom stereocenters. The molecule has 0 aromatic heterocycles. The van der Waals surface area contributed by atoms with E-state index < -0.39 is 0 Å². The van der Waals surface area contributed by atoms with E-state index in [1.807, 2.05) is 11.9 Å². The van der Waals surface area contributed by atoms with Gasteiger partial charge in [-0.2, -0.15) is 0 Å². The monoisotopic (exact) mass is 519 g/mol. The van der Waals surface area contributed by atoms with Crippen molar-refractivity contribution in [2.45, 2.75) is 31.8 Å². The zero-order valence-electron chi connectivity index (χ0n) is 18.1. The fraction of sp³-hybridized carbons (Fsp3) is 0.900. The van der Waals surface area contributed by atoms with Crippen molar-refractivity contribution in [3.05, 3.63) is 0 Å². The first-order valence-corrected chi connectivity index (χ1v) is 11.1. The summed E-state index contributed by atoms with van der Waals surface area (Å²) in [6.07, 6.45) is 2.31. The van der Waals surface area contributed by atoms with Crippen LogP contribution in [0.25, 0.3) is 0 Å². The Hall–Kier alpha value is -0.650. The molecule has 5 fully saturated rings. The predicted molar refractivity (Wildman–Crippen MR) is 127 cm³/mol. The van der Waals surface area contributed by atoms with E-state index in [0.717, 1.165) is 64.6 Å². The van der Waals surface area contributed by atoms with Crippen LogP contribution in [0, 0.1) is 0 Å². The highest BCUT2D eigenvalue weighted by molar-refractivity contribution is 14.0. The highest BCUT2D eigenvalue weighted by atomic mass is 127. The van der Waals surface area contributed by atoms with Gasteiger partial charge in [0, 0.05) is 91.6 Å². The molecule has 5 rings (SSSR count). The number of nitrogens with one attached hydrogen (secondary N) is 1. The molecule has 0 saturated carbocycles. The van der Waals surface area contributed by atoms with Gasteiger partial charge in [0.1, 0.15) is 0 Å². The van der Waals surface area contributed by atoms with Crippen molar-refractivity contribution >= 4 is 35.8 Å². The third-order valence-corrected chi connectivity index (χ3v) is 7.04. The van der Waals surface area contributed by atoms with Crippen LogP contribution in [0.2, 0.25) is 0 Å². The van der Waals surface area contributed by atoms with Gasteiger partial charge in [0.05, 0.1) is 6.04 Å². The van der Waals surface area contributed by atoms with Crippen LogP contribution in [-0.4, -0.2) is 134 Å². The van der Waals surface area contributed by atoms with Gasteiger partial charge >= 0.3 is 0 Å². The number of rotatable bonds is 4. The van der Waals surface area contributed by atoms with Crippen LogP contribution in [0.15, 0.2) is 4.99 Å². The summed E-state index contributed by atoms with van der Waals surface area (Å²) in [5, 5.41) is 3.62. The number of hydrogen-bond donors (Lipinski definition) is 1. The number of carbonyl (C=O) groups is 1. The quantitative estimate of drug-likeness (QED) is 0.316. The Balaban J connectivity index is 0.00000240. The van der Waals surface area contributed by atoms with E-state index in [4.69, 9.17) is 0 Å². The maximum Gasteiger partial charge on any atom is 0.239 e. The van der Waals surface area contributed by atoms with Crippen molar-refractivity contribution in [2.75, 3.05) is 85.6 Å². The minimum atomic E-state index is -0.00476. The maximum absolute atomic E-state index is 12.7. The molecule has 9 heteroatoms. The Morgan fingerprint density at radius 1 is 0.966 bits per heavy atom. The van der Waals surface area contributed by atoms with Gasteiger partial charge in [-0.05, 0) is 19.8 Å². The Morgan fingerprint density at radius 3 is 2.17 bits per heavy atom. The molecule has 1 amide bonds. The number of halogens is 1. The Kier molecular flexibility index (Phi) is 8.41. The summed E-state index contributed by atoms with van der Waals surface area (Å²) < 4.78 is 0. The highest BCUT2D eigenvalue weighted by Crippen LogP contribution is 2.16. The van der Waals surface area contributed by atoms with E-state index in [-0.39, 0.29) is 30.0 Å². The fourth-order valence-corrected chi connectivity index (χ4v) is 5.14. The van der Waals surface area contributed by atoms with Crippen LogP contribution in [0.5, 0.6) is 0 Å². The lowest BCUT2D eigenvalue weighted by Gasteiger charge is -2.48. The fourth-order valence-electron chi connectivity index (χ4n) is 5.14. The van der Waals surface area contributed by atoms with E-state index in [9.17, 15) is 4.79 Å². The molecule has 0 aliphatic carbocycles. The maximum atomic E-state index is 12.7. The number of carbonyl (C=O) groups excluding carboxylic acids is 1. The SMILES string of the molecule is CN=C(NCC1CN2CCN1CC2)N1CCN(C(C)C(=O)N2CCCC2)CC1.I. The topological polar surface area (TPSA) is 57.7 Å². The van der Waals surface area contributed by atoms with Crippen LogP contribution in [-0.2, 0) is 4.79 Å². The van der Waals surface area contributed by atoms with Gasteiger partial charge < -0.3 is 15.1 Å². The average molecular weight is 519 g/mol. The normalized spacial score (nSPS) is 31.5. The molecule has 5 aliphatic rings. The van der Waals surface area contributed by atoms with Crippen molar-refractivity contribution in [3.63, 3.8) is 0 Å². The van der Waals surface area contributed by atoms with Crippen LogP contribution in [0.4, 0.5) is 0 Å². The lowest BCUT2D eigenvalue weighted by atomic mass is 10.1. The molecule has 2 unspecified atom stereocenters. The van der Waals surface area contributed by atoms with Crippen molar-refractivity contribution in [1.29, 1.82) is 0 Å². The Bertz CT molecular complexity index is 567. The lowest BCUT2D eigenvalue weighted by molar-refractivity contribution is -0.135. The second kappa shape index (κ2) is 10.6. The van der Waals surface area contributed by atoms with Gasteiger partial charge in [0.25, 0.3) is 0 Å². The average Bonchev–Trinajstić information content (AvgIpc) is 3.29. The van der Waals surface area contributed by atoms with E-state index >= 15 is 0 Å². The molecule has 0 radical (unpaired) electrons. The molecule has 5 aliphatic heterocycles. The Labute approximate surface area is 192 Å². The largest absolute Gasteiger partial charge is 0.355 e. The minimum absolute atomic E-state index is 0. The van der Waals surface area contributed by atoms with Crippen molar-refractivity contribution < 1.29 is 4.79 Å². The molecule has 1 N–H and O–H groups in total. The summed E-state index contributed by atoms with van der Waals surface area (Å²) in [4.78, 5) is 29.1. The number of hydrogen-bond acceptors (Lipinski definition) is 5. The minimum Gasteiger partial charge on any atom is -0.355 e. The smallest absolute Gasteiger partial charge is 0.239 e. The van der Waals surface area contributed by atoms with E-state index in [1.165, 1.54) is 32.7 Å². The molecule has 5 saturated heterocycles. The number of amides is 1. The molecule has 8 nitrogen and oxygen atoms in total. The van der Waals surface area contributed by atoms with Gasteiger partial charge in [-0.3, -0.25) is 24.5 Å². The van der Waals surface area contributed by atoms with Gasteiger partial charge in [-0.25, -0.2) is 0 Å². The summed E-state index contributed by atoms with van der Waals surface area (Å²) in [5.41, 5.74) is 0. The summed E-state index contributed by atoms with van der Waals surface area (Å²) in [6, 6.07) is 0.591. The zero-order valence-corrected chi connectivity index (χ0v) is 20.4. The van der Waals surface area contributed by atoms with Crippen molar-refractivity contribution in [1.82, 2.24) is 29.8 Å². The van der Waals surface area contributed by atoms with E-state index in [0.29, 0.717) is 11.9 Å². The van der Waals surface area contributed by atoms with Crippen molar-refractivity contribution in [2.24, 2.45) is 4.99 Å². The van der Waals surface area contributed by atoms with Crippen molar-refractivity contribution in [3.8, 4) is 0 Å². The molecule has 0 spiro atoms. The molecule has 2 bridgehead atoms. The van der Waals surface area contributed by atoms with Crippen LogP contribution >= 0.6 is 24.0 Å². The van der Waals surface area contributed by atoms with Gasteiger partial charge in [-0.15, -0.1) is 24.0 Å². The summed E-state index contributed by atoms with van der Waals surface area (Å²) in [5.74, 6) is 1.32. The standard InChI is InChI=1S/C20H37N7O.HI/c1-17(19(28)26-5-3-4-6-26)24-11-13-27(14-12-24)20(21-2)22-15-18-16-23-7-9-25(18)10-8-23;/h17-18H,3-16H2,1-2H3,(H,21,22);1H. The third-order valence-electron chi connectivity index (χ3n) is 7.04. The third kappa shape index (κ3) is 5.34. The first kappa shape index (κ1) is 23.0. The Morgan fingerprint density at radius 2 is 1.62 bits per heavy atom. The van der Waals surface area contributed by atoms with Gasteiger partial charge in [0.2, 0.25) is 5.91 Å².